The van der Waals surface area contributed by atoms with Crippen LogP contribution < -0.4 is 16.2 Å². The molecule has 0 fully saturated rings. The second kappa shape index (κ2) is 7.66. The highest BCUT2D eigenvalue weighted by Crippen LogP contribution is 2.26. The molecule has 96 valence electrons. The Morgan fingerprint density at radius 1 is 1.41 bits per heavy atom. The van der Waals surface area contributed by atoms with E-state index in [2.05, 4.69) is 15.9 Å². The number of nitrogens with two attached hydrogens (primary N) is 2. The molecule has 4 nitrogen and oxygen atoms in total. The lowest BCUT2D eigenvalue weighted by molar-refractivity contribution is 0.200. The van der Waals surface area contributed by atoms with Crippen LogP contribution in [0, 0.1) is 0 Å². The van der Waals surface area contributed by atoms with Gasteiger partial charge in [-0.05, 0) is 53.0 Å². The smallest absolute Gasteiger partial charge is 0.133 e. The van der Waals surface area contributed by atoms with Crippen molar-refractivity contribution >= 4 is 15.9 Å². The van der Waals surface area contributed by atoms with Crippen molar-refractivity contribution in [3.8, 4) is 5.75 Å². The highest BCUT2D eigenvalue weighted by Gasteiger charge is 2.07. The summed E-state index contributed by atoms with van der Waals surface area (Å²) in [6.45, 7) is 0.895. The van der Waals surface area contributed by atoms with Crippen molar-refractivity contribution in [3.05, 3.63) is 28.2 Å². The Morgan fingerprint density at radius 3 is 2.82 bits per heavy atom. The van der Waals surface area contributed by atoms with Crippen LogP contribution in [-0.4, -0.2) is 30.9 Å². The summed E-state index contributed by atoms with van der Waals surface area (Å²) in [5.41, 5.74) is 12.5. The van der Waals surface area contributed by atoms with Gasteiger partial charge in [-0.3, -0.25) is 0 Å². The number of hydrogen-bond donors (Lipinski definition) is 3. The fraction of sp³-hybridized carbons (Fsp3) is 0.500. The van der Waals surface area contributed by atoms with Gasteiger partial charge in [0.25, 0.3) is 0 Å². The molecule has 1 unspecified atom stereocenters. The summed E-state index contributed by atoms with van der Waals surface area (Å²) in [5.74, 6) is 0.733. The van der Waals surface area contributed by atoms with E-state index in [9.17, 15) is 0 Å². The van der Waals surface area contributed by atoms with E-state index in [4.69, 9.17) is 21.3 Å². The molecule has 1 aromatic carbocycles. The maximum Gasteiger partial charge on any atom is 0.133 e. The van der Waals surface area contributed by atoms with Crippen LogP contribution in [0.15, 0.2) is 22.7 Å². The van der Waals surface area contributed by atoms with E-state index in [1.54, 1.807) is 0 Å². The summed E-state index contributed by atoms with van der Waals surface area (Å²) in [5, 5.41) is 8.73. The monoisotopic (exact) mass is 302 g/mol. The normalized spacial score (nSPS) is 12.5. The van der Waals surface area contributed by atoms with Gasteiger partial charge in [0.05, 0.1) is 11.1 Å². The molecule has 1 atom stereocenters. The fourth-order valence-corrected chi connectivity index (χ4v) is 1.92. The summed E-state index contributed by atoms with van der Waals surface area (Å²) >= 11 is 3.40. The molecule has 0 amide bonds. The third-order valence-corrected chi connectivity index (χ3v) is 3.03. The number of aliphatic hydroxyl groups is 1. The Kier molecular flexibility index (Phi) is 6.50. The number of rotatable bonds is 7. The first-order chi connectivity index (χ1) is 8.17. The molecule has 0 radical (unpaired) electrons. The van der Waals surface area contributed by atoms with Gasteiger partial charge >= 0.3 is 0 Å². The lowest BCUT2D eigenvalue weighted by Crippen LogP contribution is -2.26. The first-order valence-corrected chi connectivity index (χ1v) is 6.44. The zero-order valence-corrected chi connectivity index (χ0v) is 11.3. The van der Waals surface area contributed by atoms with Gasteiger partial charge in [0.15, 0.2) is 0 Å². The maximum absolute atomic E-state index is 8.73. The molecule has 17 heavy (non-hydrogen) atoms. The quantitative estimate of drug-likeness (QED) is 0.703. The van der Waals surface area contributed by atoms with Crippen molar-refractivity contribution in [2.24, 2.45) is 11.5 Å². The second-order valence-corrected chi connectivity index (χ2v) is 4.73. The average Bonchev–Trinajstić information content (AvgIpc) is 2.30. The predicted octanol–water partition coefficient (Wildman–Crippen LogP) is 1.04. The van der Waals surface area contributed by atoms with Crippen LogP contribution in [0.4, 0.5) is 0 Å². The van der Waals surface area contributed by atoms with E-state index in [0.717, 1.165) is 28.6 Å². The van der Waals surface area contributed by atoms with E-state index < -0.39 is 0 Å². The second-order valence-electron chi connectivity index (χ2n) is 3.88. The van der Waals surface area contributed by atoms with Gasteiger partial charge in [0.1, 0.15) is 12.4 Å². The summed E-state index contributed by atoms with van der Waals surface area (Å²) < 4.78 is 6.28. The van der Waals surface area contributed by atoms with Crippen molar-refractivity contribution < 1.29 is 9.84 Å². The Labute approximate surface area is 110 Å². The number of halogens is 1. The summed E-state index contributed by atoms with van der Waals surface area (Å²) in [6, 6.07) is 5.95. The van der Waals surface area contributed by atoms with E-state index in [-0.39, 0.29) is 19.3 Å². The van der Waals surface area contributed by atoms with Crippen LogP contribution in [0.1, 0.15) is 12.0 Å². The van der Waals surface area contributed by atoms with Crippen molar-refractivity contribution in [1.29, 1.82) is 0 Å². The number of ether oxygens (including phenoxy) is 1. The molecule has 0 bridgehead atoms. The van der Waals surface area contributed by atoms with Crippen molar-refractivity contribution in [3.63, 3.8) is 0 Å². The molecule has 0 aliphatic rings. The van der Waals surface area contributed by atoms with Gasteiger partial charge in [-0.25, -0.2) is 0 Å². The van der Waals surface area contributed by atoms with Crippen LogP contribution in [0.3, 0.4) is 0 Å². The molecule has 0 spiro atoms. The summed E-state index contributed by atoms with van der Waals surface area (Å²) in [6.07, 6.45) is 1.59. The summed E-state index contributed by atoms with van der Waals surface area (Å²) in [7, 11) is 0. The Hall–Kier alpha value is -0.620. The van der Waals surface area contributed by atoms with E-state index in [1.165, 1.54) is 0 Å². The highest BCUT2D eigenvalue weighted by molar-refractivity contribution is 9.10. The van der Waals surface area contributed by atoms with Crippen LogP contribution in [-0.2, 0) is 6.42 Å². The Balaban J connectivity index is 2.67. The molecular weight excluding hydrogens is 284 g/mol. The highest BCUT2D eigenvalue weighted by atomic mass is 79.9. The fourth-order valence-electron chi connectivity index (χ4n) is 1.56. The van der Waals surface area contributed by atoms with E-state index in [1.807, 2.05) is 18.2 Å². The summed E-state index contributed by atoms with van der Waals surface area (Å²) in [4.78, 5) is 0. The standard InChI is InChI=1S/C12H19BrN2O2/c13-11-2-1-9(7-10(15)3-4-14)8-12(11)17-6-5-16/h1-2,8,10,16H,3-7,14-15H2. The van der Waals surface area contributed by atoms with Crippen LogP contribution >= 0.6 is 15.9 Å². The first kappa shape index (κ1) is 14.4. The third-order valence-electron chi connectivity index (χ3n) is 2.38. The SMILES string of the molecule is NCCC(N)Cc1ccc(Br)c(OCCO)c1. The minimum atomic E-state index is 0.00333. The van der Waals surface area contributed by atoms with E-state index >= 15 is 0 Å². The van der Waals surface area contributed by atoms with Crippen LogP contribution in [0.2, 0.25) is 0 Å². The zero-order chi connectivity index (χ0) is 12.7. The number of aliphatic hydroxyl groups excluding tert-OH is 1. The van der Waals surface area contributed by atoms with E-state index in [0.29, 0.717) is 6.54 Å². The van der Waals surface area contributed by atoms with Gasteiger partial charge < -0.3 is 21.3 Å². The molecule has 0 aliphatic heterocycles. The molecule has 5 heteroatoms. The largest absolute Gasteiger partial charge is 0.490 e. The molecular formula is C12H19BrN2O2. The third kappa shape index (κ3) is 5.04. The Bertz CT molecular complexity index is 347. The molecule has 0 aliphatic carbocycles. The lowest BCUT2D eigenvalue weighted by Gasteiger charge is -2.12. The lowest BCUT2D eigenvalue weighted by atomic mass is 10.0. The molecule has 5 N–H and O–H groups in total. The Morgan fingerprint density at radius 2 is 2.18 bits per heavy atom. The molecule has 0 saturated carbocycles. The van der Waals surface area contributed by atoms with Crippen LogP contribution in [0.5, 0.6) is 5.75 Å². The molecule has 0 saturated heterocycles. The molecule has 1 rings (SSSR count). The van der Waals surface area contributed by atoms with Gasteiger partial charge in [-0.15, -0.1) is 0 Å². The minimum Gasteiger partial charge on any atom is -0.490 e. The molecule has 0 heterocycles. The van der Waals surface area contributed by atoms with Crippen LogP contribution in [0.25, 0.3) is 0 Å². The first-order valence-electron chi connectivity index (χ1n) is 5.65. The topological polar surface area (TPSA) is 81.5 Å². The van der Waals surface area contributed by atoms with Crippen molar-refractivity contribution in [2.75, 3.05) is 19.8 Å². The number of hydrogen-bond acceptors (Lipinski definition) is 4. The van der Waals surface area contributed by atoms with Crippen molar-refractivity contribution in [1.82, 2.24) is 0 Å². The molecule has 1 aromatic rings. The maximum atomic E-state index is 8.73. The zero-order valence-electron chi connectivity index (χ0n) is 9.73. The molecule has 0 aromatic heterocycles. The van der Waals surface area contributed by atoms with Gasteiger partial charge in [-0.1, -0.05) is 6.07 Å². The van der Waals surface area contributed by atoms with Gasteiger partial charge in [0, 0.05) is 6.04 Å². The van der Waals surface area contributed by atoms with Gasteiger partial charge in [-0.2, -0.15) is 0 Å². The number of benzene rings is 1. The minimum absolute atomic E-state index is 0.00333. The van der Waals surface area contributed by atoms with Gasteiger partial charge in [0.2, 0.25) is 0 Å². The predicted molar refractivity (Wildman–Crippen MR) is 72.1 cm³/mol. The van der Waals surface area contributed by atoms with Crippen molar-refractivity contribution in [2.45, 2.75) is 18.9 Å². The average molecular weight is 303 g/mol.